The van der Waals surface area contributed by atoms with Crippen LogP contribution in [0.4, 0.5) is 10.2 Å². The molecule has 1 aromatic heterocycles. The number of anilines is 1. The summed E-state index contributed by atoms with van der Waals surface area (Å²) >= 11 is 0. The van der Waals surface area contributed by atoms with Gasteiger partial charge in [-0.1, -0.05) is 32.9 Å². The number of carbonyl (C=O) groups is 1. The minimum absolute atomic E-state index is 0.189. The Morgan fingerprint density at radius 3 is 2.55 bits per heavy atom. The van der Waals surface area contributed by atoms with E-state index in [9.17, 15) is 9.18 Å². The van der Waals surface area contributed by atoms with Crippen LogP contribution in [0, 0.1) is 25.1 Å². The van der Waals surface area contributed by atoms with Gasteiger partial charge in [0, 0.05) is 49.3 Å². The van der Waals surface area contributed by atoms with Gasteiger partial charge in [-0.25, -0.2) is 14.4 Å². The van der Waals surface area contributed by atoms with Crippen LogP contribution >= 0.6 is 0 Å². The number of aryl methyl sites for hydroxylation is 2. The number of aromatic nitrogens is 2. The lowest BCUT2D eigenvalue weighted by Crippen LogP contribution is -2.41. The molecule has 1 fully saturated rings. The van der Waals surface area contributed by atoms with Gasteiger partial charge in [-0.3, -0.25) is 4.79 Å². The molecule has 0 bridgehead atoms. The molecule has 1 aromatic carbocycles. The quantitative estimate of drug-likeness (QED) is 0.787. The van der Waals surface area contributed by atoms with Crippen molar-refractivity contribution in [2.45, 2.75) is 47.5 Å². The zero-order valence-corrected chi connectivity index (χ0v) is 18.1. The lowest BCUT2D eigenvalue weighted by Gasteiger charge is -2.29. The van der Waals surface area contributed by atoms with Gasteiger partial charge < -0.3 is 9.80 Å². The first-order valence-electron chi connectivity index (χ1n) is 10.3. The van der Waals surface area contributed by atoms with E-state index in [1.54, 1.807) is 12.1 Å². The third-order valence-electron chi connectivity index (χ3n) is 5.30. The molecule has 5 nitrogen and oxygen atoms in total. The number of hydrogen-bond acceptors (Lipinski definition) is 4. The van der Waals surface area contributed by atoms with Crippen LogP contribution in [-0.4, -0.2) is 47.0 Å². The molecule has 0 N–H and O–H groups in total. The van der Waals surface area contributed by atoms with Crippen LogP contribution < -0.4 is 4.90 Å². The van der Waals surface area contributed by atoms with Gasteiger partial charge in [-0.15, -0.1) is 0 Å². The fourth-order valence-electron chi connectivity index (χ4n) is 3.84. The Kier molecular flexibility index (Phi) is 6.20. The minimum atomic E-state index is -0.375. The summed E-state index contributed by atoms with van der Waals surface area (Å²) in [5.74, 6) is 1.59. The van der Waals surface area contributed by atoms with Gasteiger partial charge in [0.2, 0.25) is 5.91 Å². The van der Waals surface area contributed by atoms with Gasteiger partial charge >= 0.3 is 0 Å². The summed E-state index contributed by atoms with van der Waals surface area (Å²) in [6.45, 7) is 12.8. The summed E-state index contributed by atoms with van der Waals surface area (Å²) in [6, 6.07) is 6.68. The van der Waals surface area contributed by atoms with Crippen LogP contribution in [0.2, 0.25) is 0 Å². The minimum Gasteiger partial charge on any atom is -0.354 e. The summed E-state index contributed by atoms with van der Waals surface area (Å²) < 4.78 is 13.7. The Hall–Kier alpha value is -2.50. The summed E-state index contributed by atoms with van der Waals surface area (Å²) in [5, 5.41) is 0. The molecule has 0 saturated carbocycles. The highest BCUT2D eigenvalue weighted by atomic mass is 19.1. The summed E-state index contributed by atoms with van der Waals surface area (Å²) in [5.41, 5.74) is 2.47. The monoisotopic (exact) mass is 398 g/mol. The lowest BCUT2D eigenvalue weighted by atomic mass is 9.94. The second-order valence-corrected chi connectivity index (χ2v) is 8.85. The van der Waals surface area contributed by atoms with Gasteiger partial charge in [-0.2, -0.15) is 0 Å². The first-order valence-corrected chi connectivity index (χ1v) is 10.3. The first-order chi connectivity index (χ1) is 13.6. The zero-order chi connectivity index (χ0) is 21.2. The molecule has 0 unspecified atom stereocenters. The summed E-state index contributed by atoms with van der Waals surface area (Å²) in [6.07, 6.45) is 1.48. The average Bonchev–Trinajstić information content (AvgIpc) is 2.88. The third-order valence-corrected chi connectivity index (χ3v) is 5.30. The lowest BCUT2D eigenvalue weighted by molar-refractivity contribution is -0.139. The molecule has 1 amide bonds. The van der Waals surface area contributed by atoms with Gasteiger partial charge in [0.25, 0.3) is 0 Å². The van der Waals surface area contributed by atoms with Crippen molar-refractivity contribution < 1.29 is 9.18 Å². The highest BCUT2D eigenvalue weighted by molar-refractivity contribution is 5.81. The molecule has 0 aliphatic carbocycles. The van der Waals surface area contributed by atoms with E-state index in [0.717, 1.165) is 54.5 Å². The molecule has 1 aliphatic heterocycles. The molecular weight excluding hydrogens is 367 g/mol. The molecule has 0 atom stereocenters. The van der Waals surface area contributed by atoms with Crippen LogP contribution in [0.3, 0.4) is 0 Å². The second kappa shape index (κ2) is 8.47. The van der Waals surface area contributed by atoms with Crippen molar-refractivity contribution in [1.82, 2.24) is 14.9 Å². The van der Waals surface area contributed by atoms with Gasteiger partial charge in [0.05, 0.1) is 0 Å². The SMILES string of the molecule is Cc1nc(C)c(Cc2cccc(F)c2)c(N2CCCN(C(=O)C(C)(C)C)CC2)n1. The van der Waals surface area contributed by atoms with E-state index in [2.05, 4.69) is 9.88 Å². The molecule has 0 radical (unpaired) electrons. The zero-order valence-electron chi connectivity index (χ0n) is 18.1. The van der Waals surface area contributed by atoms with Crippen LogP contribution in [0.15, 0.2) is 24.3 Å². The van der Waals surface area contributed by atoms with E-state index < -0.39 is 0 Å². The largest absolute Gasteiger partial charge is 0.354 e. The molecule has 0 spiro atoms. The maximum atomic E-state index is 13.7. The Balaban J connectivity index is 1.87. The Bertz CT molecular complexity index is 891. The smallest absolute Gasteiger partial charge is 0.228 e. The van der Waals surface area contributed by atoms with Crippen molar-refractivity contribution >= 4 is 11.7 Å². The molecule has 1 saturated heterocycles. The molecule has 29 heavy (non-hydrogen) atoms. The van der Waals surface area contributed by atoms with Crippen molar-refractivity contribution in [3.8, 4) is 0 Å². The molecular formula is C23H31FN4O. The fourth-order valence-corrected chi connectivity index (χ4v) is 3.84. The molecule has 3 rings (SSSR count). The average molecular weight is 399 g/mol. The topological polar surface area (TPSA) is 49.3 Å². The third kappa shape index (κ3) is 5.11. The van der Waals surface area contributed by atoms with E-state index in [-0.39, 0.29) is 17.1 Å². The van der Waals surface area contributed by atoms with Crippen molar-refractivity contribution in [3.05, 3.63) is 52.7 Å². The van der Waals surface area contributed by atoms with Crippen LogP contribution in [0.5, 0.6) is 0 Å². The normalized spacial score (nSPS) is 15.4. The molecule has 1 aliphatic rings. The van der Waals surface area contributed by atoms with Gasteiger partial charge in [-0.05, 0) is 38.0 Å². The molecule has 2 heterocycles. The highest BCUT2D eigenvalue weighted by Crippen LogP contribution is 2.26. The standard InChI is InChI=1S/C23H31FN4O/c1-16-20(15-18-8-6-9-19(24)14-18)21(26-17(2)25-16)27-10-7-11-28(13-12-27)22(29)23(3,4)5/h6,8-9,14H,7,10-13,15H2,1-5H3. The Morgan fingerprint density at radius 1 is 1.10 bits per heavy atom. The Morgan fingerprint density at radius 2 is 1.86 bits per heavy atom. The number of rotatable bonds is 3. The summed E-state index contributed by atoms with van der Waals surface area (Å²) in [7, 11) is 0. The van der Waals surface area contributed by atoms with E-state index >= 15 is 0 Å². The van der Waals surface area contributed by atoms with E-state index in [0.29, 0.717) is 13.0 Å². The van der Waals surface area contributed by atoms with E-state index in [4.69, 9.17) is 4.98 Å². The Labute approximate surface area is 173 Å². The molecule has 6 heteroatoms. The van der Waals surface area contributed by atoms with Crippen molar-refractivity contribution in [2.24, 2.45) is 5.41 Å². The highest BCUT2D eigenvalue weighted by Gasteiger charge is 2.29. The first kappa shape index (κ1) is 21.2. The predicted molar refractivity (Wildman–Crippen MR) is 114 cm³/mol. The number of hydrogen-bond donors (Lipinski definition) is 0. The number of halogens is 1. The predicted octanol–water partition coefficient (Wildman–Crippen LogP) is 3.91. The van der Waals surface area contributed by atoms with Crippen LogP contribution in [0.1, 0.15) is 49.8 Å². The molecule has 156 valence electrons. The van der Waals surface area contributed by atoms with Gasteiger partial charge in [0.1, 0.15) is 17.5 Å². The number of carbonyl (C=O) groups excluding carboxylic acids is 1. The van der Waals surface area contributed by atoms with Gasteiger partial charge in [0.15, 0.2) is 0 Å². The van der Waals surface area contributed by atoms with Crippen molar-refractivity contribution in [1.29, 1.82) is 0 Å². The van der Waals surface area contributed by atoms with Crippen LogP contribution in [-0.2, 0) is 11.2 Å². The van der Waals surface area contributed by atoms with Crippen molar-refractivity contribution in [3.63, 3.8) is 0 Å². The molecule has 2 aromatic rings. The van der Waals surface area contributed by atoms with E-state index in [1.807, 2.05) is 45.6 Å². The number of nitrogens with zero attached hydrogens (tertiary/aromatic N) is 4. The second-order valence-electron chi connectivity index (χ2n) is 8.85. The number of benzene rings is 1. The number of amides is 1. The summed E-state index contributed by atoms with van der Waals surface area (Å²) in [4.78, 5) is 26.2. The fraction of sp³-hybridized carbons (Fsp3) is 0.522. The van der Waals surface area contributed by atoms with Crippen molar-refractivity contribution in [2.75, 3.05) is 31.1 Å². The maximum absolute atomic E-state index is 13.7. The van der Waals surface area contributed by atoms with Crippen LogP contribution in [0.25, 0.3) is 0 Å². The van der Waals surface area contributed by atoms with E-state index in [1.165, 1.54) is 6.07 Å². The maximum Gasteiger partial charge on any atom is 0.228 e.